The van der Waals surface area contributed by atoms with Crippen LogP contribution in [0, 0.1) is 0 Å². The van der Waals surface area contributed by atoms with E-state index in [1.807, 2.05) is 36.4 Å². The molecule has 0 aliphatic heterocycles. The summed E-state index contributed by atoms with van der Waals surface area (Å²) in [6.07, 6.45) is 7.63. The molecule has 0 atom stereocenters. The summed E-state index contributed by atoms with van der Waals surface area (Å²) < 4.78 is 44.3. The molecule has 0 bridgehead atoms. The van der Waals surface area contributed by atoms with E-state index in [1.54, 1.807) is 81.1 Å². The summed E-state index contributed by atoms with van der Waals surface area (Å²) in [5, 5.41) is 0. The van der Waals surface area contributed by atoms with Crippen LogP contribution in [0.2, 0.25) is 0 Å². The summed E-state index contributed by atoms with van der Waals surface area (Å²) in [5.41, 5.74) is 3.14. The maximum atomic E-state index is 5.71. The van der Waals surface area contributed by atoms with Crippen LogP contribution in [0.25, 0.3) is 24.3 Å². The van der Waals surface area contributed by atoms with Crippen LogP contribution in [-0.2, 0) is 0 Å². The van der Waals surface area contributed by atoms with Gasteiger partial charge in [-0.05, 0) is 24.3 Å². The lowest BCUT2D eigenvalue weighted by Gasteiger charge is -2.14. The highest BCUT2D eigenvalue weighted by molar-refractivity contribution is 5.83. The van der Waals surface area contributed by atoms with Gasteiger partial charge in [0.25, 0.3) is 0 Å². The summed E-state index contributed by atoms with van der Waals surface area (Å²) in [5.74, 6) is 5.04. The first-order chi connectivity index (χ1) is 18.5. The van der Waals surface area contributed by atoms with Gasteiger partial charge in [0.2, 0.25) is 0 Å². The fourth-order valence-electron chi connectivity index (χ4n) is 3.95. The highest BCUT2D eigenvalue weighted by Crippen LogP contribution is 2.39. The minimum absolute atomic E-state index is 0.616. The molecule has 0 saturated carbocycles. The fraction of sp³-hybridized carbons (Fsp3) is 0.267. The smallest absolute Gasteiger partial charge is 0.133 e. The van der Waals surface area contributed by atoms with E-state index in [-0.39, 0.29) is 0 Å². The van der Waals surface area contributed by atoms with Crippen LogP contribution in [-0.4, -0.2) is 56.9 Å². The van der Waals surface area contributed by atoms with Gasteiger partial charge in [0.05, 0.1) is 68.0 Å². The Hall–Kier alpha value is -4.46. The third kappa shape index (κ3) is 6.08. The topological polar surface area (TPSA) is 73.8 Å². The normalized spacial score (nSPS) is 10.9. The van der Waals surface area contributed by atoms with Crippen LogP contribution in [0.4, 0.5) is 0 Å². The lowest BCUT2D eigenvalue weighted by Crippen LogP contribution is -1.96. The number of rotatable bonds is 12. The molecule has 38 heavy (non-hydrogen) atoms. The van der Waals surface area contributed by atoms with Crippen LogP contribution < -0.4 is 37.9 Å². The summed E-state index contributed by atoms with van der Waals surface area (Å²) in [6, 6.07) is 11.0. The van der Waals surface area contributed by atoms with Crippen molar-refractivity contribution >= 4 is 24.3 Å². The molecule has 0 aromatic heterocycles. The summed E-state index contributed by atoms with van der Waals surface area (Å²) in [4.78, 5) is 0. The zero-order valence-electron chi connectivity index (χ0n) is 23.0. The minimum atomic E-state index is 0.616. The monoisotopic (exact) mass is 522 g/mol. The molecule has 0 amide bonds. The van der Waals surface area contributed by atoms with E-state index in [4.69, 9.17) is 37.9 Å². The van der Waals surface area contributed by atoms with Gasteiger partial charge in [-0.2, -0.15) is 0 Å². The quantitative estimate of drug-likeness (QED) is 0.264. The molecule has 202 valence electrons. The number of methoxy groups -OCH3 is 8. The molecule has 0 aliphatic rings. The van der Waals surface area contributed by atoms with E-state index in [2.05, 4.69) is 0 Å². The van der Waals surface area contributed by atoms with Crippen molar-refractivity contribution in [2.45, 2.75) is 0 Å². The van der Waals surface area contributed by atoms with Crippen LogP contribution in [0.5, 0.6) is 46.0 Å². The number of hydrogen-bond donors (Lipinski definition) is 0. The van der Waals surface area contributed by atoms with E-state index in [0.717, 1.165) is 22.3 Å². The minimum Gasteiger partial charge on any atom is -0.496 e. The molecule has 0 radical (unpaired) electrons. The average molecular weight is 523 g/mol. The van der Waals surface area contributed by atoms with Crippen molar-refractivity contribution in [3.8, 4) is 46.0 Å². The van der Waals surface area contributed by atoms with Crippen molar-refractivity contribution in [2.24, 2.45) is 0 Å². The van der Waals surface area contributed by atoms with Crippen LogP contribution in [0.3, 0.4) is 0 Å². The molecule has 0 aliphatic carbocycles. The maximum absolute atomic E-state index is 5.71. The Morgan fingerprint density at radius 3 is 0.868 bits per heavy atom. The highest BCUT2D eigenvalue weighted by atomic mass is 16.5. The second kappa shape index (κ2) is 13.2. The van der Waals surface area contributed by atoms with Gasteiger partial charge in [0, 0.05) is 35.4 Å². The van der Waals surface area contributed by atoms with Gasteiger partial charge in [-0.3, -0.25) is 0 Å². The number of ether oxygens (including phenoxy) is 8. The Bertz CT molecular complexity index is 1160. The molecular weight excluding hydrogens is 488 g/mol. The van der Waals surface area contributed by atoms with Gasteiger partial charge >= 0.3 is 0 Å². The van der Waals surface area contributed by atoms with Gasteiger partial charge in [0.15, 0.2) is 0 Å². The fourth-order valence-corrected chi connectivity index (χ4v) is 3.95. The second-order valence-electron chi connectivity index (χ2n) is 7.89. The van der Waals surface area contributed by atoms with Crippen molar-refractivity contribution in [1.82, 2.24) is 0 Å². The maximum Gasteiger partial charge on any atom is 0.133 e. The first-order valence-electron chi connectivity index (χ1n) is 11.7. The van der Waals surface area contributed by atoms with Gasteiger partial charge in [0.1, 0.15) is 46.0 Å². The van der Waals surface area contributed by atoms with Crippen LogP contribution in [0.1, 0.15) is 22.3 Å². The molecule has 0 N–H and O–H groups in total. The zero-order chi connectivity index (χ0) is 27.7. The number of hydrogen-bond acceptors (Lipinski definition) is 8. The SMILES string of the molecule is COc1cc(OC)c(/C=C/c2cc(OC)c(/C=C/c3c(OC)cc(OC)cc3OC)cc2OC)c(OC)c1. The van der Waals surface area contributed by atoms with Crippen molar-refractivity contribution in [1.29, 1.82) is 0 Å². The summed E-state index contributed by atoms with van der Waals surface area (Å²) in [6.45, 7) is 0. The summed E-state index contributed by atoms with van der Waals surface area (Å²) >= 11 is 0. The highest BCUT2D eigenvalue weighted by Gasteiger charge is 2.14. The Balaban J connectivity index is 2.05. The third-order valence-electron chi connectivity index (χ3n) is 5.95. The average Bonchev–Trinajstić information content (AvgIpc) is 2.97. The van der Waals surface area contributed by atoms with Crippen LogP contribution in [0.15, 0.2) is 36.4 Å². The van der Waals surface area contributed by atoms with Crippen molar-refractivity contribution in [3.05, 3.63) is 58.7 Å². The standard InChI is InChI=1S/C30H34O8/c1-31-21-15-27(35-5)23(28(16-21)36-6)11-9-19-13-26(34-4)20(14-25(19)33-3)10-12-24-29(37-7)17-22(32-2)18-30(24)38-8/h9-18H,1-8H3/b11-9+,12-10+. The molecule has 0 unspecified atom stereocenters. The first kappa shape index (κ1) is 28.1. The summed E-state index contributed by atoms with van der Waals surface area (Å²) in [7, 11) is 12.8. The van der Waals surface area contributed by atoms with E-state index >= 15 is 0 Å². The zero-order valence-corrected chi connectivity index (χ0v) is 23.0. The predicted molar refractivity (Wildman–Crippen MR) is 150 cm³/mol. The Kier molecular flexibility index (Phi) is 9.76. The van der Waals surface area contributed by atoms with E-state index in [9.17, 15) is 0 Å². The molecule has 0 fully saturated rings. The Morgan fingerprint density at radius 1 is 0.342 bits per heavy atom. The van der Waals surface area contributed by atoms with Gasteiger partial charge in [-0.15, -0.1) is 0 Å². The molecule has 0 saturated heterocycles. The lowest BCUT2D eigenvalue weighted by molar-refractivity contribution is 0.374. The second-order valence-corrected chi connectivity index (χ2v) is 7.89. The van der Waals surface area contributed by atoms with Crippen molar-refractivity contribution < 1.29 is 37.9 Å². The van der Waals surface area contributed by atoms with Gasteiger partial charge in [-0.25, -0.2) is 0 Å². The predicted octanol–water partition coefficient (Wildman–Crippen LogP) is 6.10. The largest absolute Gasteiger partial charge is 0.496 e. The van der Waals surface area contributed by atoms with Crippen LogP contribution >= 0.6 is 0 Å². The van der Waals surface area contributed by atoms with E-state index in [0.29, 0.717) is 46.0 Å². The Labute approximate surface area is 223 Å². The molecule has 8 heteroatoms. The van der Waals surface area contributed by atoms with Crippen molar-refractivity contribution in [3.63, 3.8) is 0 Å². The molecule has 3 aromatic carbocycles. The third-order valence-corrected chi connectivity index (χ3v) is 5.95. The van der Waals surface area contributed by atoms with Gasteiger partial charge < -0.3 is 37.9 Å². The van der Waals surface area contributed by atoms with Crippen molar-refractivity contribution in [2.75, 3.05) is 56.9 Å². The van der Waals surface area contributed by atoms with E-state index in [1.165, 1.54) is 0 Å². The molecular formula is C30H34O8. The lowest BCUT2D eigenvalue weighted by atomic mass is 10.0. The molecule has 3 rings (SSSR count). The van der Waals surface area contributed by atoms with E-state index < -0.39 is 0 Å². The Morgan fingerprint density at radius 2 is 0.632 bits per heavy atom. The molecule has 8 nitrogen and oxygen atoms in total. The number of benzene rings is 3. The first-order valence-corrected chi connectivity index (χ1v) is 11.7. The van der Waals surface area contributed by atoms with Gasteiger partial charge in [-0.1, -0.05) is 12.2 Å². The molecule has 0 spiro atoms. The molecule has 3 aromatic rings. The molecule has 0 heterocycles.